The summed E-state index contributed by atoms with van der Waals surface area (Å²) in [5.41, 5.74) is 1.95. The first-order valence-corrected chi connectivity index (χ1v) is 8.78. The first kappa shape index (κ1) is 15.8. The number of rotatable bonds is 6. The minimum atomic E-state index is -0.896. The van der Waals surface area contributed by atoms with Crippen molar-refractivity contribution in [2.45, 2.75) is 51.0 Å². The van der Waals surface area contributed by atoms with Gasteiger partial charge in [0.1, 0.15) is 18.2 Å². The first-order valence-electron chi connectivity index (χ1n) is 8.78. The maximum atomic E-state index is 11.1. The van der Waals surface area contributed by atoms with E-state index in [4.69, 9.17) is 5.11 Å². The van der Waals surface area contributed by atoms with Crippen LogP contribution in [0.5, 0.6) is 0 Å². The molecule has 2 heterocycles. The molecule has 0 spiro atoms. The normalized spacial score (nSPS) is 15.2. The molecule has 0 bridgehead atoms. The van der Waals surface area contributed by atoms with Gasteiger partial charge in [-0.2, -0.15) is 5.10 Å². The Morgan fingerprint density at radius 2 is 2.00 bits per heavy atom. The molecule has 4 rings (SSSR count). The van der Waals surface area contributed by atoms with E-state index in [0.717, 1.165) is 41.3 Å². The van der Waals surface area contributed by atoms with Gasteiger partial charge in [0, 0.05) is 18.8 Å². The van der Waals surface area contributed by atoms with E-state index in [9.17, 15) is 4.79 Å². The second-order valence-electron chi connectivity index (χ2n) is 6.62. The summed E-state index contributed by atoms with van der Waals surface area (Å²) in [6.07, 6.45) is 5.89. The zero-order valence-corrected chi connectivity index (χ0v) is 14.0. The number of aryl methyl sites for hydroxylation is 2. The molecule has 1 aliphatic rings. The molecule has 0 saturated heterocycles. The Labute approximate surface area is 145 Å². The first-order chi connectivity index (χ1) is 12.2. The van der Waals surface area contributed by atoms with Gasteiger partial charge in [0.2, 0.25) is 0 Å². The van der Waals surface area contributed by atoms with Crippen LogP contribution < -0.4 is 0 Å². The van der Waals surface area contributed by atoms with Crippen LogP contribution in [0.4, 0.5) is 0 Å². The van der Waals surface area contributed by atoms with E-state index < -0.39 is 5.97 Å². The third-order valence-corrected chi connectivity index (χ3v) is 4.79. The van der Waals surface area contributed by atoms with E-state index in [1.807, 2.05) is 24.3 Å². The number of nitrogens with one attached hydrogen (secondary N) is 1. The highest BCUT2D eigenvalue weighted by Gasteiger charge is 2.23. The van der Waals surface area contributed by atoms with E-state index >= 15 is 0 Å². The molecule has 130 valence electrons. The third kappa shape index (κ3) is 3.40. The summed E-state index contributed by atoms with van der Waals surface area (Å²) >= 11 is 0. The Balaban J connectivity index is 1.54. The number of aromatic nitrogens is 5. The molecule has 25 heavy (non-hydrogen) atoms. The number of benzene rings is 1. The SMILES string of the molecule is O=C(O)Cn1nc(C2CCCC2)nc1CCc1nc2ccccc2[nH]1. The van der Waals surface area contributed by atoms with Crippen LogP contribution in [0, 0.1) is 0 Å². The molecule has 1 fully saturated rings. The molecule has 2 N–H and O–H groups in total. The molecule has 0 aliphatic heterocycles. The number of carboxylic acid groups (broad SMARTS) is 1. The molecule has 2 aromatic heterocycles. The number of imidazole rings is 1. The fourth-order valence-electron chi connectivity index (χ4n) is 3.54. The number of aromatic amines is 1. The summed E-state index contributed by atoms with van der Waals surface area (Å²) in [7, 11) is 0. The van der Waals surface area contributed by atoms with Gasteiger partial charge in [-0.25, -0.2) is 14.6 Å². The summed E-state index contributed by atoms with van der Waals surface area (Å²) in [4.78, 5) is 23.7. The van der Waals surface area contributed by atoms with E-state index in [1.165, 1.54) is 12.8 Å². The Hall–Kier alpha value is -2.70. The van der Waals surface area contributed by atoms with Crippen LogP contribution in [0.1, 0.15) is 49.1 Å². The Kier molecular flexibility index (Phi) is 4.21. The van der Waals surface area contributed by atoms with Crippen molar-refractivity contribution >= 4 is 17.0 Å². The molecule has 3 aromatic rings. The molecule has 1 aliphatic carbocycles. The molecular formula is C18H21N5O2. The standard InChI is InChI=1S/C18H21N5O2/c24-17(25)11-23-16(21-18(22-23)12-5-1-2-6-12)10-9-15-19-13-7-3-4-8-14(13)20-15/h3-4,7-8,12H,1-2,5-6,9-11H2,(H,19,20)(H,24,25). The zero-order chi connectivity index (χ0) is 17.2. The number of hydrogen-bond acceptors (Lipinski definition) is 4. The molecule has 0 atom stereocenters. The number of hydrogen-bond donors (Lipinski definition) is 2. The molecule has 0 amide bonds. The molecule has 7 nitrogen and oxygen atoms in total. The predicted octanol–water partition coefficient (Wildman–Crippen LogP) is 2.68. The van der Waals surface area contributed by atoms with Crippen LogP contribution in [-0.4, -0.2) is 35.8 Å². The van der Waals surface area contributed by atoms with Crippen molar-refractivity contribution in [3.05, 3.63) is 41.7 Å². The van der Waals surface area contributed by atoms with Crippen molar-refractivity contribution < 1.29 is 9.90 Å². The molecule has 0 radical (unpaired) electrons. The topological polar surface area (TPSA) is 96.7 Å². The summed E-state index contributed by atoms with van der Waals surface area (Å²) < 4.78 is 1.54. The summed E-state index contributed by atoms with van der Waals surface area (Å²) in [5.74, 6) is 1.89. The second-order valence-corrected chi connectivity index (χ2v) is 6.62. The average Bonchev–Trinajstić information content (AvgIpc) is 3.31. The van der Waals surface area contributed by atoms with Gasteiger partial charge in [0.05, 0.1) is 11.0 Å². The molecule has 1 saturated carbocycles. The quantitative estimate of drug-likeness (QED) is 0.720. The lowest BCUT2D eigenvalue weighted by Gasteiger charge is -2.02. The van der Waals surface area contributed by atoms with E-state index in [2.05, 4.69) is 20.1 Å². The fraction of sp³-hybridized carbons (Fsp3) is 0.444. The van der Waals surface area contributed by atoms with Crippen molar-refractivity contribution in [2.24, 2.45) is 0 Å². The molecule has 7 heteroatoms. The lowest BCUT2D eigenvalue weighted by atomic mass is 10.1. The van der Waals surface area contributed by atoms with Gasteiger partial charge in [0.15, 0.2) is 5.82 Å². The second kappa shape index (κ2) is 6.66. The van der Waals surface area contributed by atoms with Gasteiger partial charge in [0.25, 0.3) is 0 Å². The fourth-order valence-corrected chi connectivity index (χ4v) is 3.54. The smallest absolute Gasteiger partial charge is 0.325 e. The number of carbonyl (C=O) groups is 1. The van der Waals surface area contributed by atoms with Crippen molar-refractivity contribution in [1.29, 1.82) is 0 Å². The Morgan fingerprint density at radius 1 is 1.20 bits per heavy atom. The molecule has 0 unspecified atom stereocenters. The predicted molar refractivity (Wildman–Crippen MR) is 92.4 cm³/mol. The summed E-state index contributed by atoms with van der Waals surface area (Å²) in [6.45, 7) is -0.144. The van der Waals surface area contributed by atoms with Crippen molar-refractivity contribution in [3.8, 4) is 0 Å². The minimum absolute atomic E-state index is 0.144. The molecular weight excluding hydrogens is 318 g/mol. The number of carboxylic acids is 1. The number of fused-ring (bicyclic) bond motifs is 1. The summed E-state index contributed by atoms with van der Waals surface area (Å²) in [6, 6.07) is 7.91. The highest BCUT2D eigenvalue weighted by atomic mass is 16.4. The monoisotopic (exact) mass is 339 g/mol. The average molecular weight is 339 g/mol. The maximum Gasteiger partial charge on any atom is 0.325 e. The lowest BCUT2D eigenvalue weighted by Crippen LogP contribution is -2.14. The van der Waals surface area contributed by atoms with Crippen LogP contribution in [0.15, 0.2) is 24.3 Å². The Bertz CT molecular complexity index is 859. The zero-order valence-electron chi connectivity index (χ0n) is 14.0. The minimum Gasteiger partial charge on any atom is -0.480 e. The largest absolute Gasteiger partial charge is 0.480 e. The van der Waals surface area contributed by atoms with Crippen LogP contribution in [0.2, 0.25) is 0 Å². The van der Waals surface area contributed by atoms with Crippen molar-refractivity contribution in [3.63, 3.8) is 0 Å². The van der Waals surface area contributed by atoms with Crippen LogP contribution in [0.25, 0.3) is 11.0 Å². The van der Waals surface area contributed by atoms with Gasteiger partial charge in [-0.15, -0.1) is 0 Å². The maximum absolute atomic E-state index is 11.1. The van der Waals surface area contributed by atoms with Gasteiger partial charge in [-0.3, -0.25) is 4.79 Å². The van der Waals surface area contributed by atoms with Crippen molar-refractivity contribution in [1.82, 2.24) is 24.7 Å². The third-order valence-electron chi connectivity index (χ3n) is 4.79. The highest BCUT2D eigenvalue weighted by molar-refractivity contribution is 5.74. The lowest BCUT2D eigenvalue weighted by molar-refractivity contribution is -0.137. The van der Waals surface area contributed by atoms with Crippen LogP contribution in [-0.2, 0) is 24.2 Å². The van der Waals surface area contributed by atoms with E-state index in [0.29, 0.717) is 18.8 Å². The van der Waals surface area contributed by atoms with E-state index in [-0.39, 0.29) is 6.54 Å². The molecule has 1 aromatic carbocycles. The van der Waals surface area contributed by atoms with Crippen LogP contribution in [0.3, 0.4) is 0 Å². The summed E-state index contributed by atoms with van der Waals surface area (Å²) in [5, 5.41) is 13.6. The number of para-hydroxylation sites is 2. The van der Waals surface area contributed by atoms with Gasteiger partial charge in [-0.1, -0.05) is 25.0 Å². The Morgan fingerprint density at radius 3 is 2.76 bits per heavy atom. The van der Waals surface area contributed by atoms with Crippen molar-refractivity contribution in [2.75, 3.05) is 0 Å². The van der Waals surface area contributed by atoms with Gasteiger partial charge >= 0.3 is 5.97 Å². The number of aliphatic carboxylic acids is 1. The van der Waals surface area contributed by atoms with Gasteiger partial charge in [-0.05, 0) is 25.0 Å². The highest BCUT2D eigenvalue weighted by Crippen LogP contribution is 2.32. The number of H-pyrrole nitrogens is 1. The number of nitrogens with zero attached hydrogens (tertiary/aromatic N) is 4. The van der Waals surface area contributed by atoms with Gasteiger partial charge < -0.3 is 10.1 Å². The van der Waals surface area contributed by atoms with Crippen LogP contribution >= 0.6 is 0 Å². The van der Waals surface area contributed by atoms with E-state index in [1.54, 1.807) is 4.68 Å².